The van der Waals surface area contributed by atoms with Crippen LogP contribution in [0.4, 0.5) is 0 Å². The zero-order chi connectivity index (χ0) is 10.2. The van der Waals surface area contributed by atoms with Crippen molar-refractivity contribution in [1.82, 2.24) is 5.32 Å². The van der Waals surface area contributed by atoms with Crippen molar-refractivity contribution in [3.63, 3.8) is 0 Å². The molecule has 0 aromatic heterocycles. The third kappa shape index (κ3) is 4.40. The number of nitrogens with one attached hydrogen (secondary N) is 1. The van der Waals surface area contributed by atoms with Gasteiger partial charge in [0.1, 0.15) is 0 Å². The summed E-state index contributed by atoms with van der Waals surface area (Å²) in [5.41, 5.74) is 6.82. The molecule has 2 nitrogen and oxygen atoms in total. The molecule has 0 spiro atoms. The third-order valence-electron chi connectivity index (χ3n) is 2.32. The van der Waals surface area contributed by atoms with Crippen molar-refractivity contribution < 1.29 is 0 Å². The molecule has 1 aromatic rings. The Balaban J connectivity index is 2.16. The van der Waals surface area contributed by atoms with Gasteiger partial charge in [0.15, 0.2) is 0 Å². The Morgan fingerprint density at radius 1 is 1.29 bits per heavy atom. The van der Waals surface area contributed by atoms with E-state index < -0.39 is 0 Å². The number of benzene rings is 1. The van der Waals surface area contributed by atoms with Crippen molar-refractivity contribution in [2.45, 2.75) is 19.9 Å². The van der Waals surface area contributed by atoms with E-state index in [0.29, 0.717) is 5.92 Å². The lowest BCUT2D eigenvalue weighted by molar-refractivity contribution is 0.486. The molecule has 0 fully saturated rings. The summed E-state index contributed by atoms with van der Waals surface area (Å²) in [6.45, 7) is 5.01. The van der Waals surface area contributed by atoms with Gasteiger partial charge < -0.3 is 11.1 Å². The number of nitrogens with two attached hydrogens (primary N) is 1. The number of hydrogen-bond donors (Lipinski definition) is 2. The summed E-state index contributed by atoms with van der Waals surface area (Å²) in [5, 5.41) is 3.43. The van der Waals surface area contributed by atoms with Crippen LogP contribution in [0.25, 0.3) is 0 Å². The molecule has 0 bridgehead atoms. The predicted octanol–water partition coefficient (Wildman–Crippen LogP) is 1.76. The SMILES string of the molecule is CC(CCN)CNCc1ccccc1. The van der Waals surface area contributed by atoms with Gasteiger partial charge in [-0.05, 0) is 31.0 Å². The molecule has 1 unspecified atom stereocenters. The van der Waals surface area contributed by atoms with E-state index in [-0.39, 0.29) is 0 Å². The molecular weight excluding hydrogens is 172 g/mol. The quantitative estimate of drug-likeness (QED) is 0.721. The zero-order valence-electron chi connectivity index (χ0n) is 8.87. The molecule has 14 heavy (non-hydrogen) atoms. The lowest BCUT2D eigenvalue weighted by atomic mass is 10.1. The first kappa shape index (κ1) is 11.2. The Hall–Kier alpha value is -0.860. The fourth-order valence-corrected chi connectivity index (χ4v) is 1.45. The van der Waals surface area contributed by atoms with Gasteiger partial charge in [-0.25, -0.2) is 0 Å². The number of hydrogen-bond acceptors (Lipinski definition) is 2. The second kappa shape index (κ2) is 6.57. The number of rotatable bonds is 6. The van der Waals surface area contributed by atoms with Crippen molar-refractivity contribution in [2.24, 2.45) is 11.7 Å². The Morgan fingerprint density at radius 2 is 2.00 bits per heavy atom. The van der Waals surface area contributed by atoms with E-state index in [0.717, 1.165) is 26.1 Å². The van der Waals surface area contributed by atoms with E-state index in [1.165, 1.54) is 5.56 Å². The van der Waals surface area contributed by atoms with Crippen LogP contribution in [0.1, 0.15) is 18.9 Å². The first-order valence-corrected chi connectivity index (χ1v) is 5.27. The topological polar surface area (TPSA) is 38.0 Å². The summed E-state index contributed by atoms with van der Waals surface area (Å²) in [4.78, 5) is 0. The highest BCUT2D eigenvalue weighted by Gasteiger charge is 1.99. The summed E-state index contributed by atoms with van der Waals surface area (Å²) < 4.78 is 0. The van der Waals surface area contributed by atoms with Crippen LogP contribution in [0, 0.1) is 5.92 Å². The van der Waals surface area contributed by atoms with Gasteiger partial charge in [-0.1, -0.05) is 37.3 Å². The van der Waals surface area contributed by atoms with Gasteiger partial charge in [0.05, 0.1) is 0 Å². The molecule has 1 rings (SSSR count). The molecule has 2 heteroatoms. The molecule has 78 valence electrons. The van der Waals surface area contributed by atoms with Crippen LogP contribution in [-0.4, -0.2) is 13.1 Å². The van der Waals surface area contributed by atoms with Crippen molar-refractivity contribution in [1.29, 1.82) is 0 Å². The maximum absolute atomic E-state index is 5.48. The minimum atomic E-state index is 0.670. The Bertz CT molecular complexity index is 233. The van der Waals surface area contributed by atoms with Crippen LogP contribution < -0.4 is 11.1 Å². The molecule has 1 aromatic carbocycles. The second-order valence-corrected chi connectivity index (χ2v) is 3.80. The van der Waals surface area contributed by atoms with Gasteiger partial charge in [0, 0.05) is 6.54 Å². The molecule has 3 N–H and O–H groups in total. The first-order valence-electron chi connectivity index (χ1n) is 5.27. The van der Waals surface area contributed by atoms with Crippen molar-refractivity contribution in [3.8, 4) is 0 Å². The molecule has 0 radical (unpaired) electrons. The lowest BCUT2D eigenvalue weighted by Gasteiger charge is -2.11. The van der Waals surface area contributed by atoms with E-state index in [9.17, 15) is 0 Å². The van der Waals surface area contributed by atoms with Crippen molar-refractivity contribution in [2.75, 3.05) is 13.1 Å². The van der Waals surface area contributed by atoms with Crippen LogP contribution in [-0.2, 0) is 6.54 Å². The van der Waals surface area contributed by atoms with Gasteiger partial charge in [-0.15, -0.1) is 0 Å². The third-order valence-corrected chi connectivity index (χ3v) is 2.32. The fraction of sp³-hybridized carbons (Fsp3) is 0.500. The summed E-state index contributed by atoms with van der Waals surface area (Å²) in [7, 11) is 0. The first-order chi connectivity index (χ1) is 6.83. The standard InChI is InChI=1S/C12H20N2/c1-11(7-8-13)9-14-10-12-5-3-2-4-6-12/h2-6,11,14H,7-10,13H2,1H3. The van der Waals surface area contributed by atoms with Gasteiger partial charge in [0.2, 0.25) is 0 Å². The van der Waals surface area contributed by atoms with Gasteiger partial charge in [-0.3, -0.25) is 0 Å². The van der Waals surface area contributed by atoms with Gasteiger partial charge in [-0.2, -0.15) is 0 Å². The maximum atomic E-state index is 5.48. The smallest absolute Gasteiger partial charge is 0.0205 e. The minimum absolute atomic E-state index is 0.670. The average Bonchev–Trinajstić information content (AvgIpc) is 2.20. The molecule has 1 atom stereocenters. The van der Waals surface area contributed by atoms with Crippen molar-refractivity contribution in [3.05, 3.63) is 35.9 Å². The molecule has 0 saturated carbocycles. The fourth-order valence-electron chi connectivity index (χ4n) is 1.45. The molecule has 0 aliphatic rings. The molecule has 0 aliphatic heterocycles. The van der Waals surface area contributed by atoms with Crippen LogP contribution in [0.5, 0.6) is 0 Å². The van der Waals surface area contributed by atoms with Gasteiger partial charge >= 0.3 is 0 Å². The average molecular weight is 192 g/mol. The summed E-state index contributed by atoms with van der Waals surface area (Å²) in [6.07, 6.45) is 1.10. The second-order valence-electron chi connectivity index (χ2n) is 3.80. The summed E-state index contributed by atoms with van der Waals surface area (Å²) in [6, 6.07) is 10.5. The minimum Gasteiger partial charge on any atom is -0.330 e. The largest absolute Gasteiger partial charge is 0.330 e. The van der Waals surface area contributed by atoms with Crippen molar-refractivity contribution >= 4 is 0 Å². The van der Waals surface area contributed by atoms with E-state index in [4.69, 9.17) is 5.73 Å². The predicted molar refractivity (Wildman–Crippen MR) is 61.0 cm³/mol. The van der Waals surface area contributed by atoms with E-state index in [2.05, 4.69) is 36.5 Å². The highest BCUT2D eigenvalue weighted by atomic mass is 14.9. The highest BCUT2D eigenvalue weighted by molar-refractivity contribution is 5.14. The monoisotopic (exact) mass is 192 g/mol. The highest BCUT2D eigenvalue weighted by Crippen LogP contribution is 2.00. The molecule has 0 heterocycles. The molecule has 0 amide bonds. The van der Waals surface area contributed by atoms with E-state index >= 15 is 0 Å². The van der Waals surface area contributed by atoms with Crippen LogP contribution in [0.2, 0.25) is 0 Å². The molecule has 0 aliphatic carbocycles. The van der Waals surface area contributed by atoms with Crippen LogP contribution >= 0.6 is 0 Å². The molecular formula is C12H20N2. The summed E-state index contributed by atoms with van der Waals surface area (Å²) in [5.74, 6) is 0.670. The Labute approximate surface area is 86.5 Å². The Morgan fingerprint density at radius 3 is 2.64 bits per heavy atom. The Kier molecular flexibility index (Phi) is 5.27. The molecule has 0 saturated heterocycles. The van der Waals surface area contributed by atoms with E-state index in [1.807, 2.05) is 6.07 Å². The normalized spacial score (nSPS) is 12.7. The summed E-state index contributed by atoms with van der Waals surface area (Å²) >= 11 is 0. The van der Waals surface area contributed by atoms with Crippen LogP contribution in [0.3, 0.4) is 0 Å². The van der Waals surface area contributed by atoms with Crippen LogP contribution in [0.15, 0.2) is 30.3 Å². The maximum Gasteiger partial charge on any atom is 0.0205 e. The lowest BCUT2D eigenvalue weighted by Crippen LogP contribution is -2.22. The zero-order valence-corrected chi connectivity index (χ0v) is 8.87. The van der Waals surface area contributed by atoms with Gasteiger partial charge in [0.25, 0.3) is 0 Å². The van der Waals surface area contributed by atoms with E-state index in [1.54, 1.807) is 0 Å².